The first-order valence-electron chi connectivity index (χ1n) is 5.95. The summed E-state index contributed by atoms with van der Waals surface area (Å²) in [5, 5.41) is 3.48. The third-order valence-electron chi connectivity index (χ3n) is 2.76. The molecule has 2 aromatic rings. The molecule has 0 spiro atoms. The van der Waals surface area contributed by atoms with Crippen molar-refractivity contribution in [3.05, 3.63) is 71.8 Å². The Hall–Kier alpha value is -1.35. The van der Waals surface area contributed by atoms with Gasteiger partial charge in [-0.1, -0.05) is 60.7 Å². The van der Waals surface area contributed by atoms with Crippen LogP contribution in [0.5, 0.6) is 0 Å². The van der Waals surface area contributed by atoms with Crippen molar-refractivity contribution in [2.75, 3.05) is 13.1 Å². The van der Waals surface area contributed by atoms with Crippen LogP contribution in [0, 0.1) is 0 Å². The van der Waals surface area contributed by atoms with Crippen molar-refractivity contribution in [2.45, 2.75) is 6.04 Å². The Bertz CT molecular complexity index is 391. The molecule has 18 heavy (non-hydrogen) atoms. The van der Waals surface area contributed by atoms with Crippen LogP contribution >= 0.6 is 12.4 Å². The van der Waals surface area contributed by atoms with Gasteiger partial charge in [-0.3, -0.25) is 0 Å². The topological polar surface area (TPSA) is 38.0 Å². The third kappa shape index (κ3) is 3.84. The fourth-order valence-corrected chi connectivity index (χ4v) is 1.95. The number of rotatable bonds is 5. The SMILES string of the molecule is Cl.NCCNC(c1ccccc1)c1ccccc1. The zero-order valence-electron chi connectivity index (χ0n) is 10.3. The highest BCUT2D eigenvalue weighted by Crippen LogP contribution is 2.21. The van der Waals surface area contributed by atoms with E-state index in [1.165, 1.54) is 11.1 Å². The van der Waals surface area contributed by atoms with E-state index >= 15 is 0 Å². The lowest BCUT2D eigenvalue weighted by Crippen LogP contribution is -2.27. The van der Waals surface area contributed by atoms with E-state index in [0.29, 0.717) is 6.54 Å². The summed E-state index contributed by atoms with van der Waals surface area (Å²) in [4.78, 5) is 0. The fraction of sp³-hybridized carbons (Fsp3) is 0.200. The van der Waals surface area contributed by atoms with Crippen LogP contribution in [-0.2, 0) is 0 Å². The van der Waals surface area contributed by atoms with Gasteiger partial charge in [-0.2, -0.15) is 0 Å². The minimum absolute atomic E-state index is 0. The molecule has 3 heteroatoms. The van der Waals surface area contributed by atoms with Gasteiger partial charge >= 0.3 is 0 Å². The van der Waals surface area contributed by atoms with Gasteiger partial charge in [-0.05, 0) is 11.1 Å². The average Bonchev–Trinajstić information content (AvgIpc) is 2.42. The van der Waals surface area contributed by atoms with Crippen molar-refractivity contribution in [1.82, 2.24) is 5.32 Å². The molecule has 0 aliphatic heterocycles. The molecule has 0 radical (unpaired) electrons. The largest absolute Gasteiger partial charge is 0.329 e. The van der Waals surface area contributed by atoms with Crippen LogP contribution in [0.1, 0.15) is 17.2 Å². The normalized spacial score (nSPS) is 10.1. The van der Waals surface area contributed by atoms with Gasteiger partial charge in [0.1, 0.15) is 0 Å². The summed E-state index contributed by atoms with van der Waals surface area (Å²) in [6, 6.07) is 21.1. The van der Waals surface area contributed by atoms with Gasteiger partial charge in [0.15, 0.2) is 0 Å². The molecule has 0 fully saturated rings. The van der Waals surface area contributed by atoms with Crippen molar-refractivity contribution < 1.29 is 0 Å². The Morgan fingerprint density at radius 2 is 1.28 bits per heavy atom. The predicted octanol–water partition coefficient (Wildman–Crippen LogP) is 2.75. The molecule has 0 aliphatic carbocycles. The lowest BCUT2D eigenvalue weighted by Gasteiger charge is -2.19. The lowest BCUT2D eigenvalue weighted by atomic mass is 9.99. The maximum absolute atomic E-state index is 5.57. The van der Waals surface area contributed by atoms with E-state index in [1.54, 1.807) is 0 Å². The first-order valence-corrected chi connectivity index (χ1v) is 5.95. The lowest BCUT2D eigenvalue weighted by molar-refractivity contribution is 0.612. The second-order valence-electron chi connectivity index (χ2n) is 4.00. The van der Waals surface area contributed by atoms with E-state index in [4.69, 9.17) is 5.73 Å². The molecular weight excluding hydrogens is 244 g/mol. The maximum atomic E-state index is 5.57. The Balaban J connectivity index is 0.00000162. The van der Waals surface area contributed by atoms with Gasteiger partial charge in [-0.15, -0.1) is 12.4 Å². The standard InChI is InChI=1S/C15H18N2.ClH/c16-11-12-17-15(13-7-3-1-4-8-13)14-9-5-2-6-10-14;/h1-10,15,17H,11-12,16H2;1H. The van der Waals surface area contributed by atoms with E-state index in [9.17, 15) is 0 Å². The number of nitrogens with one attached hydrogen (secondary N) is 1. The van der Waals surface area contributed by atoms with Crippen molar-refractivity contribution in [3.63, 3.8) is 0 Å². The van der Waals surface area contributed by atoms with Crippen molar-refractivity contribution in [1.29, 1.82) is 0 Å². The molecule has 0 saturated carbocycles. The first-order chi connectivity index (χ1) is 8.42. The number of halogens is 1. The number of hydrogen-bond acceptors (Lipinski definition) is 2. The van der Waals surface area contributed by atoms with Gasteiger partial charge in [-0.25, -0.2) is 0 Å². The average molecular weight is 263 g/mol. The summed E-state index contributed by atoms with van der Waals surface area (Å²) >= 11 is 0. The molecule has 0 saturated heterocycles. The second kappa shape index (κ2) is 7.88. The van der Waals surface area contributed by atoms with E-state index in [1.807, 2.05) is 12.1 Å². The fourth-order valence-electron chi connectivity index (χ4n) is 1.95. The summed E-state index contributed by atoms with van der Waals surface area (Å²) in [6.45, 7) is 1.46. The monoisotopic (exact) mass is 262 g/mol. The highest BCUT2D eigenvalue weighted by atomic mass is 35.5. The van der Waals surface area contributed by atoms with E-state index in [0.717, 1.165) is 6.54 Å². The molecule has 2 aromatic carbocycles. The number of hydrogen-bond donors (Lipinski definition) is 2. The van der Waals surface area contributed by atoms with Crippen LogP contribution in [0.25, 0.3) is 0 Å². The Kier molecular flexibility index (Phi) is 6.44. The predicted molar refractivity (Wildman–Crippen MR) is 79.0 cm³/mol. The summed E-state index contributed by atoms with van der Waals surface area (Å²) in [5.74, 6) is 0. The van der Waals surface area contributed by atoms with Crippen molar-refractivity contribution in [3.8, 4) is 0 Å². The van der Waals surface area contributed by atoms with Gasteiger partial charge < -0.3 is 11.1 Å². The Morgan fingerprint density at radius 3 is 1.67 bits per heavy atom. The van der Waals surface area contributed by atoms with Crippen LogP contribution in [0.15, 0.2) is 60.7 Å². The van der Waals surface area contributed by atoms with Crippen LogP contribution in [0.2, 0.25) is 0 Å². The smallest absolute Gasteiger partial charge is 0.0577 e. The van der Waals surface area contributed by atoms with Crippen LogP contribution < -0.4 is 11.1 Å². The van der Waals surface area contributed by atoms with Gasteiger partial charge in [0.05, 0.1) is 6.04 Å². The molecular formula is C15H19ClN2. The molecule has 3 N–H and O–H groups in total. The zero-order chi connectivity index (χ0) is 11.9. The summed E-state index contributed by atoms with van der Waals surface area (Å²) in [7, 11) is 0. The van der Waals surface area contributed by atoms with E-state index < -0.39 is 0 Å². The molecule has 0 unspecified atom stereocenters. The van der Waals surface area contributed by atoms with Crippen LogP contribution in [0.4, 0.5) is 0 Å². The second-order valence-corrected chi connectivity index (χ2v) is 4.00. The minimum Gasteiger partial charge on any atom is -0.329 e. The number of benzene rings is 2. The Labute approximate surface area is 115 Å². The van der Waals surface area contributed by atoms with Gasteiger partial charge in [0, 0.05) is 13.1 Å². The minimum atomic E-state index is 0. The zero-order valence-corrected chi connectivity index (χ0v) is 11.1. The van der Waals surface area contributed by atoms with Gasteiger partial charge in [0.2, 0.25) is 0 Å². The van der Waals surface area contributed by atoms with Crippen molar-refractivity contribution >= 4 is 12.4 Å². The maximum Gasteiger partial charge on any atom is 0.0577 e. The molecule has 0 atom stereocenters. The van der Waals surface area contributed by atoms with Crippen LogP contribution in [-0.4, -0.2) is 13.1 Å². The first kappa shape index (κ1) is 14.7. The molecule has 2 nitrogen and oxygen atoms in total. The third-order valence-corrected chi connectivity index (χ3v) is 2.76. The summed E-state index contributed by atoms with van der Waals surface area (Å²) < 4.78 is 0. The molecule has 2 rings (SSSR count). The molecule has 0 amide bonds. The quantitative estimate of drug-likeness (QED) is 0.870. The molecule has 96 valence electrons. The molecule has 0 aromatic heterocycles. The van der Waals surface area contributed by atoms with Crippen LogP contribution in [0.3, 0.4) is 0 Å². The van der Waals surface area contributed by atoms with E-state index in [2.05, 4.69) is 53.8 Å². The summed E-state index contributed by atoms with van der Waals surface area (Å²) in [5.41, 5.74) is 8.11. The molecule has 0 bridgehead atoms. The Morgan fingerprint density at radius 1 is 0.833 bits per heavy atom. The molecule has 0 heterocycles. The molecule has 0 aliphatic rings. The van der Waals surface area contributed by atoms with Crippen molar-refractivity contribution in [2.24, 2.45) is 5.73 Å². The number of nitrogens with two attached hydrogens (primary N) is 1. The highest BCUT2D eigenvalue weighted by molar-refractivity contribution is 5.85. The highest BCUT2D eigenvalue weighted by Gasteiger charge is 2.11. The van der Waals surface area contributed by atoms with Gasteiger partial charge in [0.25, 0.3) is 0 Å². The summed E-state index contributed by atoms with van der Waals surface area (Å²) in [6.07, 6.45) is 0. The van der Waals surface area contributed by atoms with E-state index in [-0.39, 0.29) is 18.4 Å².